The number of benzene rings is 2. The smallest absolute Gasteiger partial charge is 0.313 e. The molecule has 236 valence electrons. The highest BCUT2D eigenvalue weighted by molar-refractivity contribution is 5.99. The number of nitrogens with one attached hydrogen (secondary N) is 1. The fourth-order valence-corrected chi connectivity index (χ4v) is 7.19. The fourth-order valence-electron chi connectivity index (χ4n) is 7.19. The van der Waals surface area contributed by atoms with E-state index in [1.165, 1.54) is 4.90 Å². The lowest BCUT2D eigenvalue weighted by Crippen LogP contribution is -2.57. The van der Waals surface area contributed by atoms with E-state index in [2.05, 4.69) is 5.32 Å². The number of carbonyl (C=O) groups excluding carboxylic acids is 4. The molecule has 2 fully saturated rings. The molecule has 0 aromatic heterocycles. The Morgan fingerprint density at radius 1 is 0.978 bits per heavy atom. The quantitative estimate of drug-likeness (QED) is 0.393. The number of nitrogens with zero attached hydrogens (tertiary/aromatic N) is 2. The van der Waals surface area contributed by atoms with Gasteiger partial charge in [-0.25, -0.2) is 0 Å². The van der Waals surface area contributed by atoms with Gasteiger partial charge in [-0.2, -0.15) is 0 Å². The molecule has 2 saturated heterocycles. The molecule has 1 spiro atoms. The monoisotopic (exact) mass is 613 g/mol. The van der Waals surface area contributed by atoms with Crippen molar-refractivity contribution in [3.05, 3.63) is 96.1 Å². The molecule has 4 heterocycles. The second-order valence-corrected chi connectivity index (χ2v) is 12.3. The summed E-state index contributed by atoms with van der Waals surface area (Å²) in [4.78, 5) is 59.2. The van der Waals surface area contributed by atoms with Gasteiger partial charge in [0, 0.05) is 19.0 Å². The van der Waals surface area contributed by atoms with E-state index >= 15 is 0 Å². The maximum absolute atomic E-state index is 14.8. The van der Waals surface area contributed by atoms with E-state index in [9.17, 15) is 24.3 Å². The molecule has 7 atom stereocenters. The molecule has 45 heavy (non-hydrogen) atoms. The highest BCUT2D eigenvalue weighted by atomic mass is 16.6. The first-order chi connectivity index (χ1) is 21.8. The van der Waals surface area contributed by atoms with E-state index in [1.54, 1.807) is 23.1 Å². The molecule has 2 aromatic carbocycles. The van der Waals surface area contributed by atoms with Crippen LogP contribution in [0, 0.1) is 11.8 Å². The third-order valence-electron chi connectivity index (χ3n) is 9.33. The van der Waals surface area contributed by atoms with Crippen molar-refractivity contribution in [2.24, 2.45) is 11.8 Å². The van der Waals surface area contributed by atoms with Crippen LogP contribution in [0.1, 0.15) is 50.0 Å². The molecule has 10 heteroatoms. The van der Waals surface area contributed by atoms with Gasteiger partial charge in [-0.05, 0) is 31.4 Å². The fraction of sp³-hybridized carbons (Fsp3) is 0.429. The van der Waals surface area contributed by atoms with E-state index in [0.717, 1.165) is 0 Å². The predicted molar refractivity (Wildman–Crippen MR) is 164 cm³/mol. The Kier molecular flexibility index (Phi) is 8.61. The summed E-state index contributed by atoms with van der Waals surface area (Å²) in [6, 6.07) is 16.1. The van der Waals surface area contributed by atoms with E-state index < -0.39 is 60.2 Å². The molecule has 4 aliphatic heterocycles. The molecular formula is C35H39N3O7. The lowest BCUT2D eigenvalue weighted by molar-refractivity contribution is -0.161. The molecule has 3 amide bonds. The zero-order chi connectivity index (χ0) is 31.7. The van der Waals surface area contributed by atoms with Crippen molar-refractivity contribution in [3.8, 4) is 0 Å². The molecule has 0 saturated carbocycles. The highest BCUT2D eigenvalue weighted by Crippen LogP contribution is 2.55. The Labute approximate surface area is 262 Å². The van der Waals surface area contributed by atoms with Gasteiger partial charge in [0.05, 0.1) is 31.2 Å². The summed E-state index contributed by atoms with van der Waals surface area (Å²) < 4.78 is 12.9. The Bertz CT molecular complexity index is 1490. The molecule has 0 unspecified atom stereocenters. The van der Waals surface area contributed by atoms with Gasteiger partial charge in [0.15, 0.2) is 0 Å². The number of hydrogen-bond acceptors (Lipinski definition) is 7. The Morgan fingerprint density at radius 2 is 1.69 bits per heavy atom. The van der Waals surface area contributed by atoms with Crippen LogP contribution in [0.3, 0.4) is 0 Å². The van der Waals surface area contributed by atoms with Crippen LogP contribution in [0.5, 0.6) is 0 Å². The van der Waals surface area contributed by atoms with Crippen LogP contribution in [-0.4, -0.2) is 82.1 Å². The summed E-state index contributed by atoms with van der Waals surface area (Å²) in [5.74, 6) is -3.78. The van der Waals surface area contributed by atoms with Crippen LogP contribution in [0.2, 0.25) is 0 Å². The summed E-state index contributed by atoms with van der Waals surface area (Å²) >= 11 is 0. The molecule has 0 bridgehead atoms. The van der Waals surface area contributed by atoms with Gasteiger partial charge in [0.25, 0.3) is 0 Å². The zero-order valence-corrected chi connectivity index (χ0v) is 25.5. The van der Waals surface area contributed by atoms with E-state index in [1.807, 2.05) is 80.6 Å². The number of ether oxygens (including phenoxy) is 2. The maximum atomic E-state index is 14.8. The van der Waals surface area contributed by atoms with Crippen LogP contribution >= 0.6 is 0 Å². The lowest BCUT2D eigenvalue weighted by Gasteiger charge is -2.39. The number of amides is 3. The van der Waals surface area contributed by atoms with Gasteiger partial charge >= 0.3 is 5.97 Å². The van der Waals surface area contributed by atoms with Gasteiger partial charge in [-0.1, -0.05) is 85.0 Å². The number of rotatable bonds is 5. The summed E-state index contributed by atoms with van der Waals surface area (Å²) in [5.41, 5.74) is -0.129. The van der Waals surface area contributed by atoms with Gasteiger partial charge in [-0.3, -0.25) is 19.2 Å². The SMILES string of the molecule is CC(C)N1CC=C[C@@]23O[C@H]4/C=C\CCC(=O)NC[C@H](c5ccccc5)OC(=O)[C@H]4[C@@H]2C(=O)N([C@H](CO)c2ccccc2)[C@H]3C1=O. The van der Waals surface area contributed by atoms with Gasteiger partial charge in [0.1, 0.15) is 23.7 Å². The first-order valence-electron chi connectivity index (χ1n) is 15.6. The summed E-state index contributed by atoms with van der Waals surface area (Å²) in [6.07, 6.45) is 6.03. The van der Waals surface area contributed by atoms with Crippen molar-refractivity contribution in [2.45, 2.75) is 62.6 Å². The van der Waals surface area contributed by atoms with Crippen molar-refractivity contribution in [2.75, 3.05) is 19.7 Å². The normalized spacial score (nSPS) is 31.6. The van der Waals surface area contributed by atoms with Crippen LogP contribution in [-0.2, 0) is 28.7 Å². The predicted octanol–water partition coefficient (Wildman–Crippen LogP) is 2.86. The Morgan fingerprint density at radius 3 is 2.38 bits per heavy atom. The molecular weight excluding hydrogens is 574 g/mol. The minimum absolute atomic E-state index is 0.0668. The number of esters is 1. The molecule has 6 rings (SSSR count). The maximum Gasteiger partial charge on any atom is 0.313 e. The van der Waals surface area contributed by atoms with E-state index in [-0.39, 0.29) is 30.8 Å². The topological polar surface area (TPSA) is 125 Å². The Balaban J connectivity index is 1.47. The number of fused-ring (bicyclic) bond motifs is 2. The number of cyclic esters (lactones) is 1. The van der Waals surface area contributed by atoms with Crippen molar-refractivity contribution >= 4 is 23.7 Å². The summed E-state index contributed by atoms with van der Waals surface area (Å²) in [6.45, 7) is 3.76. The first kappa shape index (κ1) is 30.7. The number of aliphatic hydroxyl groups excluding tert-OH is 1. The van der Waals surface area contributed by atoms with Crippen LogP contribution in [0.4, 0.5) is 0 Å². The number of hydrogen-bond donors (Lipinski definition) is 2. The molecule has 10 nitrogen and oxygen atoms in total. The standard InChI is InChI=1S/C35H39N3O7/c1-22(2)37-19-11-18-35-30(32(41)38(31(35)33(37)42)25(21-39)23-12-5-3-6-13-23)29-26(45-35)16-9-10-17-28(40)36-20-27(44-34(29)43)24-14-7-4-8-15-24/h3-9,11-16,18,22,25-27,29-31,39H,10,17,19-21H2,1-2H3,(H,36,40)/b16-9-/t25-,26+,27-,29-,30-,31+,35-/m1/s1. The molecule has 0 radical (unpaired) electrons. The summed E-state index contributed by atoms with van der Waals surface area (Å²) in [5, 5.41) is 13.6. The number of likely N-dealkylation sites (tertiary alicyclic amines) is 1. The van der Waals surface area contributed by atoms with E-state index in [0.29, 0.717) is 24.1 Å². The minimum atomic E-state index is -1.49. The first-order valence-corrected chi connectivity index (χ1v) is 15.6. The lowest BCUT2D eigenvalue weighted by atomic mass is 9.77. The average Bonchev–Trinajstić information content (AvgIpc) is 3.42. The largest absolute Gasteiger partial charge is 0.455 e. The summed E-state index contributed by atoms with van der Waals surface area (Å²) in [7, 11) is 0. The van der Waals surface area contributed by atoms with Crippen LogP contribution < -0.4 is 5.32 Å². The van der Waals surface area contributed by atoms with Crippen LogP contribution in [0.25, 0.3) is 0 Å². The average molecular weight is 614 g/mol. The number of allylic oxidation sites excluding steroid dienone is 1. The third-order valence-corrected chi connectivity index (χ3v) is 9.33. The number of aliphatic hydroxyl groups is 1. The molecule has 2 N–H and O–H groups in total. The van der Waals surface area contributed by atoms with Gasteiger partial charge < -0.3 is 29.7 Å². The molecule has 0 aliphatic carbocycles. The van der Waals surface area contributed by atoms with Gasteiger partial charge in [-0.15, -0.1) is 0 Å². The third kappa shape index (κ3) is 5.46. The second-order valence-electron chi connectivity index (χ2n) is 12.3. The molecule has 2 aromatic rings. The van der Waals surface area contributed by atoms with Crippen molar-refractivity contribution < 1.29 is 33.8 Å². The van der Waals surface area contributed by atoms with E-state index in [4.69, 9.17) is 9.47 Å². The van der Waals surface area contributed by atoms with Crippen molar-refractivity contribution in [1.29, 1.82) is 0 Å². The minimum Gasteiger partial charge on any atom is -0.455 e. The zero-order valence-electron chi connectivity index (χ0n) is 25.5. The van der Waals surface area contributed by atoms with Gasteiger partial charge in [0.2, 0.25) is 17.7 Å². The number of carbonyl (C=O) groups is 4. The Hall–Kier alpha value is -4.28. The highest BCUT2D eigenvalue weighted by Gasteiger charge is 2.72. The van der Waals surface area contributed by atoms with Crippen molar-refractivity contribution in [1.82, 2.24) is 15.1 Å². The van der Waals surface area contributed by atoms with Crippen LogP contribution in [0.15, 0.2) is 85.0 Å². The van der Waals surface area contributed by atoms with Crippen molar-refractivity contribution in [3.63, 3.8) is 0 Å². The molecule has 4 aliphatic rings. The second kappa shape index (κ2) is 12.6.